The Morgan fingerprint density at radius 2 is 2.05 bits per heavy atom. The Bertz CT molecular complexity index is 517. The summed E-state index contributed by atoms with van der Waals surface area (Å²) in [6.45, 7) is 3.78. The van der Waals surface area contributed by atoms with Gasteiger partial charge >= 0.3 is 5.97 Å². The Morgan fingerprint density at radius 1 is 1.33 bits per heavy atom. The van der Waals surface area contributed by atoms with Crippen LogP contribution in [0.5, 0.6) is 11.5 Å². The molecule has 2 heterocycles. The van der Waals surface area contributed by atoms with Crippen LogP contribution in [0.4, 0.5) is 0 Å². The van der Waals surface area contributed by atoms with Crippen molar-refractivity contribution < 1.29 is 24.2 Å². The summed E-state index contributed by atoms with van der Waals surface area (Å²) in [4.78, 5) is 21.3. The van der Waals surface area contributed by atoms with Gasteiger partial charge in [-0.3, -0.25) is 4.79 Å². The third-order valence-electron chi connectivity index (χ3n) is 3.33. The standard InChI is InChI=1S/C9H8O4.C6H11NO/c10-9(11)8-5-12-6-3-1-2-4-7(6)13-8;1-5-4-7-3-2-6(5)8/h1-4,8H,5H2,(H,10,11);5,7H,2-4H2,1H3. The Kier molecular flexibility index (Phi) is 5.16. The fraction of sp³-hybridized carbons (Fsp3) is 0.467. The third kappa shape index (κ3) is 4.19. The van der Waals surface area contributed by atoms with Gasteiger partial charge in [-0.2, -0.15) is 0 Å². The molecule has 2 N–H and O–H groups in total. The normalized spacial score (nSPS) is 23.8. The van der Waals surface area contributed by atoms with E-state index in [4.69, 9.17) is 14.6 Å². The predicted octanol–water partition coefficient (Wildman–Crippen LogP) is 1.10. The smallest absolute Gasteiger partial charge is 0.348 e. The summed E-state index contributed by atoms with van der Waals surface area (Å²) >= 11 is 0. The van der Waals surface area contributed by atoms with Gasteiger partial charge in [0.05, 0.1) is 0 Å². The van der Waals surface area contributed by atoms with Crippen LogP contribution < -0.4 is 14.8 Å². The van der Waals surface area contributed by atoms with Crippen LogP contribution in [-0.4, -0.2) is 42.7 Å². The van der Waals surface area contributed by atoms with E-state index < -0.39 is 12.1 Å². The van der Waals surface area contributed by atoms with Crippen molar-refractivity contribution in [3.63, 3.8) is 0 Å². The number of hydrogen-bond acceptors (Lipinski definition) is 5. The minimum absolute atomic E-state index is 0.0619. The molecule has 114 valence electrons. The zero-order chi connectivity index (χ0) is 15.2. The van der Waals surface area contributed by atoms with Gasteiger partial charge in [-0.15, -0.1) is 0 Å². The molecule has 0 amide bonds. The van der Waals surface area contributed by atoms with Crippen LogP contribution in [0.25, 0.3) is 0 Å². The summed E-state index contributed by atoms with van der Waals surface area (Å²) in [7, 11) is 0. The first-order valence-corrected chi connectivity index (χ1v) is 6.92. The highest BCUT2D eigenvalue weighted by Gasteiger charge is 2.26. The molecule has 3 rings (SSSR count). The molecule has 2 aliphatic rings. The largest absolute Gasteiger partial charge is 0.485 e. The van der Waals surface area contributed by atoms with Gasteiger partial charge in [0, 0.05) is 25.4 Å². The second-order valence-corrected chi connectivity index (χ2v) is 5.02. The molecule has 6 nitrogen and oxygen atoms in total. The quantitative estimate of drug-likeness (QED) is 0.806. The number of carbonyl (C=O) groups is 2. The van der Waals surface area contributed by atoms with Crippen molar-refractivity contribution in [3.05, 3.63) is 24.3 Å². The number of fused-ring (bicyclic) bond motifs is 1. The van der Waals surface area contributed by atoms with Crippen molar-refractivity contribution in [2.45, 2.75) is 19.4 Å². The molecule has 0 aromatic heterocycles. The molecule has 0 radical (unpaired) electrons. The van der Waals surface area contributed by atoms with Gasteiger partial charge in [0.2, 0.25) is 6.10 Å². The molecule has 21 heavy (non-hydrogen) atoms. The van der Waals surface area contributed by atoms with Crippen molar-refractivity contribution in [1.82, 2.24) is 5.32 Å². The van der Waals surface area contributed by atoms with E-state index in [1.807, 2.05) is 13.0 Å². The number of hydrogen-bond donors (Lipinski definition) is 2. The number of nitrogens with one attached hydrogen (secondary N) is 1. The molecule has 1 fully saturated rings. The summed E-state index contributed by atoms with van der Waals surface area (Å²) in [5, 5.41) is 11.8. The Labute approximate surface area is 123 Å². The first kappa shape index (κ1) is 15.3. The minimum atomic E-state index is -1.01. The summed E-state index contributed by atoms with van der Waals surface area (Å²) in [6, 6.07) is 7.01. The second kappa shape index (κ2) is 7.08. The fourth-order valence-electron chi connectivity index (χ4n) is 2.03. The first-order valence-electron chi connectivity index (χ1n) is 6.92. The summed E-state index contributed by atoms with van der Waals surface area (Å²) in [6.07, 6.45) is -0.170. The molecule has 2 atom stereocenters. The van der Waals surface area contributed by atoms with Crippen LogP contribution in [0.1, 0.15) is 13.3 Å². The summed E-state index contributed by atoms with van der Waals surface area (Å²) in [5.41, 5.74) is 0. The van der Waals surface area contributed by atoms with Gasteiger partial charge < -0.3 is 19.9 Å². The molecule has 0 spiro atoms. The molecule has 0 saturated carbocycles. The predicted molar refractivity (Wildman–Crippen MR) is 75.6 cm³/mol. The average Bonchev–Trinajstić information content (AvgIpc) is 2.50. The lowest BCUT2D eigenvalue weighted by atomic mass is 10.0. The molecule has 1 aromatic carbocycles. The van der Waals surface area contributed by atoms with Gasteiger partial charge in [0.1, 0.15) is 12.4 Å². The summed E-state index contributed by atoms with van der Waals surface area (Å²) < 4.78 is 10.4. The van der Waals surface area contributed by atoms with Crippen LogP contribution in [-0.2, 0) is 9.59 Å². The van der Waals surface area contributed by atoms with Crippen LogP contribution in [0, 0.1) is 5.92 Å². The molecule has 1 saturated heterocycles. The number of carbonyl (C=O) groups excluding carboxylic acids is 1. The zero-order valence-electron chi connectivity index (χ0n) is 11.9. The number of rotatable bonds is 1. The van der Waals surface area contributed by atoms with Gasteiger partial charge in [-0.05, 0) is 12.1 Å². The SMILES string of the molecule is CC1CNCCC1=O.O=C(O)C1COc2ccccc2O1. The highest BCUT2D eigenvalue weighted by Crippen LogP contribution is 2.30. The fourth-order valence-corrected chi connectivity index (χ4v) is 2.03. The lowest BCUT2D eigenvalue weighted by molar-refractivity contribution is -0.147. The van der Waals surface area contributed by atoms with Crippen molar-refractivity contribution in [1.29, 1.82) is 0 Å². The Morgan fingerprint density at radius 3 is 2.62 bits per heavy atom. The molecular formula is C15H19NO5. The lowest BCUT2D eigenvalue weighted by Crippen LogP contribution is -2.36. The van der Waals surface area contributed by atoms with Crippen LogP contribution in [0.15, 0.2) is 24.3 Å². The van der Waals surface area contributed by atoms with Crippen molar-refractivity contribution in [3.8, 4) is 11.5 Å². The monoisotopic (exact) mass is 293 g/mol. The Balaban J connectivity index is 0.000000173. The first-order chi connectivity index (χ1) is 10.1. The molecule has 0 bridgehead atoms. The zero-order valence-corrected chi connectivity index (χ0v) is 11.9. The van der Waals surface area contributed by atoms with Crippen LogP contribution in [0.3, 0.4) is 0 Å². The number of carboxylic acid groups (broad SMARTS) is 1. The minimum Gasteiger partial charge on any atom is -0.485 e. The lowest BCUT2D eigenvalue weighted by Gasteiger charge is -2.23. The molecule has 2 aliphatic heterocycles. The number of ether oxygens (including phenoxy) is 2. The van der Waals surface area contributed by atoms with E-state index in [0.717, 1.165) is 19.5 Å². The number of carboxylic acids is 1. The second-order valence-electron chi connectivity index (χ2n) is 5.02. The number of piperidine rings is 1. The van der Waals surface area contributed by atoms with Crippen LogP contribution in [0.2, 0.25) is 0 Å². The van der Waals surface area contributed by atoms with E-state index in [1.54, 1.807) is 18.2 Å². The van der Waals surface area contributed by atoms with E-state index in [0.29, 0.717) is 17.3 Å². The van der Waals surface area contributed by atoms with Gasteiger partial charge in [-0.25, -0.2) is 4.79 Å². The number of Topliss-reactive ketones (excluding diaryl/α,β-unsaturated/α-hetero) is 1. The highest BCUT2D eigenvalue weighted by molar-refractivity contribution is 5.81. The number of benzene rings is 1. The van der Waals surface area contributed by atoms with Crippen molar-refractivity contribution in [2.75, 3.05) is 19.7 Å². The number of aliphatic carboxylic acids is 1. The highest BCUT2D eigenvalue weighted by atomic mass is 16.6. The Hall–Kier alpha value is -2.08. The van der Waals surface area contributed by atoms with E-state index >= 15 is 0 Å². The molecule has 6 heteroatoms. The van der Waals surface area contributed by atoms with Gasteiger partial charge in [-0.1, -0.05) is 19.1 Å². The molecule has 0 aliphatic carbocycles. The van der Waals surface area contributed by atoms with Crippen molar-refractivity contribution in [2.24, 2.45) is 5.92 Å². The average molecular weight is 293 g/mol. The van der Waals surface area contributed by atoms with E-state index in [1.165, 1.54) is 0 Å². The summed E-state index contributed by atoms with van der Waals surface area (Å²) in [5.74, 6) is 0.739. The van der Waals surface area contributed by atoms with E-state index in [-0.39, 0.29) is 12.5 Å². The maximum absolute atomic E-state index is 10.8. The topological polar surface area (TPSA) is 84.9 Å². The maximum Gasteiger partial charge on any atom is 0.348 e. The van der Waals surface area contributed by atoms with Crippen LogP contribution >= 0.6 is 0 Å². The number of ketones is 1. The van der Waals surface area contributed by atoms with Gasteiger partial charge in [0.15, 0.2) is 11.5 Å². The molecule has 1 aromatic rings. The third-order valence-corrected chi connectivity index (χ3v) is 3.33. The van der Waals surface area contributed by atoms with Gasteiger partial charge in [0.25, 0.3) is 0 Å². The maximum atomic E-state index is 10.8. The van der Waals surface area contributed by atoms with Crippen molar-refractivity contribution >= 4 is 11.8 Å². The number of para-hydroxylation sites is 2. The molecular weight excluding hydrogens is 274 g/mol. The molecule has 2 unspecified atom stereocenters. The van der Waals surface area contributed by atoms with E-state index in [2.05, 4.69) is 5.32 Å². The van der Waals surface area contributed by atoms with E-state index in [9.17, 15) is 9.59 Å².